The maximum absolute atomic E-state index is 13.4. The van der Waals surface area contributed by atoms with E-state index in [0.717, 1.165) is 23.3 Å². The number of carbonyl (C=O) groups excluding carboxylic acids is 4. The summed E-state index contributed by atoms with van der Waals surface area (Å²) in [7, 11) is 0. The lowest BCUT2D eigenvalue weighted by Gasteiger charge is -2.25. The van der Waals surface area contributed by atoms with Gasteiger partial charge in [0.15, 0.2) is 18.0 Å². The first kappa shape index (κ1) is 28.4. The molecular weight excluding hydrogens is 526 g/mol. The number of epoxide rings is 1. The van der Waals surface area contributed by atoms with Crippen LogP contribution >= 0.6 is 0 Å². The first-order chi connectivity index (χ1) is 19.1. The summed E-state index contributed by atoms with van der Waals surface area (Å²) in [6.07, 6.45) is -1.54. The lowest BCUT2D eigenvalue weighted by Crippen LogP contribution is -2.56. The number of nitro groups is 1. The number of rotatable bonds is 12. The summed E-state index contributed by atoms with van der Waals surface area (Å²) in [5.74, 6) is -3.83. The number of phenols is 1. The predicted molar refractivity (Wildman–Crippen MR) is 138 cm³/mol. The van der Waals surface area contributed by atoms with Gasteiger partial charge in [0, 0.05) is 19.0 Å². The summed E-state index contributed by atoms with van der Waals surface area (Å²) in [6.45, 7) is -0.333. The Morgan fingerprint density at radius 1 is 1.05 bits per heavy atom. The molecule has 40 heavy (non-hydrogen) atoms. The molecular formula is C26H29N5O9. The quantitative estimate of drug-likeness (QED) is 0.103. The van der Waals surface area contributed by atoms with E-state index >= 15 is 0 Å². The SMILES string of the molecule is NC(=O)[C@H](NC(=O)[C@@H](Cc1ccc(O)c([N+](=O)[O-])c1)NC(=O)C1O[C@@H]1C(=O)NCCO)C1Cc2ccccc2C1. The normalized spacial score (nSPS) is 19.1. The molecule has 0 aromatic heterocycles. The largest absolute Gasteiger partial charge is 0.502 e. The number of aliphatic hydroxyl groups is 1. The number of primary amides is 1. The van der Waals surface area contributed by atoms with Gasteiger partial charge in [0.2, 0.25) is 11.8 Å². The molecule has 4 rings (SSSR count). The molecule has 0 radical (unpaired) electrons. The van der Waals surface area contributed by atoms with Gasteiger partial charge < -0.3 is 36.6 Å². The number of benzene rings is 2. The Hall–Kier alpha value is -4.56. The van der Waals surface area contributed by atoms with E-state index in [1.807, 2.05) is 24.3 Å². The summed E-state index contributed by atoms with van der Waals surface area (Å²) < 4.78 is 5.14. The van der Waals surface area contributed by atoms with Crippen molar-refractivity contribution in [3.8, 4) is 5.75 Å². The highest BCUT2D eigenvalue weighted by Crippen LogP contribution is 2.30. The van der Waals surface area contributed by atoms with Crippen molar-refractivity contribution in [1.29, 1.82) is 0 Å². The average Bonchev–Trinajstić information content (AvgIpc) is 3.62. The Kier molecular flexibility index (Phi) is 8.60. The summed E-state index contributed by atoms with van der Waals surface area (Å²) >= 11 is 0. The first-order valence-corrected chi connectivity index (χ1v) is 12.6. The second kappa shape index (κ2) is 12.1. The molecule has 1 fully saturated rings. The molecule has 7 N–H and O–H groups in total. The van der Waals surface area contributed by atoms with Crippen LogP contribution in [0.5, 0.6) is 5.75 Å². The topological polar surface area (TPSA) is 227 Å². The highest BCUT2D eigenvalue weighted by atomic mass is 16.6. The molecule has 4 atom stereocenters. The van der Waals surface area contributed by atoms with Crippen LogP contribution in [0.1, 0.15) is 16.7 Å². The van der Waals surface area contributed by atoms with Crippen LogP contribution in [0.4, 0.5) is 5.69 Å². The van der Waals surface area contributed by atoms with Crippen LogP contribution < -0.4 is 21.7 Å². The second-order valence-corrected chi connectivity index (χ2v) is 9.66. The molecule has 0 spiro atoms. The monoisotopic (exact) mass is 555 g/mol. The Morgan fingerprint density at radius 3 is 2.30 bits per heavy atom. The van der Waals surface area contributed by atoms with Crippen molar-refractivity contribution in [3.05, 3.63) is 69.3 Å². The van der Waals surface area contributed by atoms with E-state index in [4.69, 9.17) is 15.6 Å². The molecule has 212 valence electrons. The molecule has 14 heteroatoms. The molecule has 0 bridgehead atoms. The van der Waals surface area contributed by atoms with Crippen molar-refractivity contribution in [2.75, 3.05) is 13.2 Å². The molecule has 1 aliphatic heterocycles. The molecule has 0 saturated carbocycles. The van der Waals surface area contributed by atoms with E-state index in [9.17, 15) is 34.4 Å². The van der Waals surface area contributed by atoms with E-state index in [1.54, 1.807) is 0 Å². The molecule has 2 aliphatic rings. The number of fused-ring (bicyclic) bond motifs is 1. The molecule has 14 nitrogen and oxygen atoms in total. The van der Waals surface area contributed by atoms with Crippen molar-refractivity contribution in [3.63, 3.8) is 0 Å². The zero-order chi connectivity index (χ0) is 29.0. The fourth-order valence-corrected chi connectivity index (χ4v) is 4.84. The number of nitrogens with zero attached hydrogens (tertiary/aromatic N) is 1. The number of carbonyl (C=O) groups is 4. The van der Waals surface area contributed by atoms with Gasteiger partial charge in [-0.05, 0) is 41.5 Å². The highest BCUT2D eigenvalue weighted by molar-refractivity contribution is 5.97. The first-order valence-electron chi connectivity index (χ1n) is 12.6. The number of hydrogen-bond donors (Lipinski definition) is 6. The van der Waals surface area contributed by atoms with E-state index < -0.39 is 64.3 Å². The van der Waals surface area contributed by atoms with Crippen LogP contribution in [0.25, 0.3) is 0 Å². The van der Waals surface area contributed by atoms with E-state index in [1.165, 1.54) is 6.07 Å². The summed E-state index contributed by atoms with van der Waals surface area (Å²) in [5, 5.41) is 37.4. The Morgan fingerprint density at radius 2 is 1.70 bits per heavy atom. The highest BCUT2D eigenvalue weighted by Gasteiger charge is 2.51. The average molecular weight is 556 g/mol. The molecule has 2 aromatic rings. The lowest BCUT2D eigenvalue weighted by atomic mass is 9.95. The van der Waals surface area contributed by atoms with Gasteiger partial charge in [-0.15, -0.1) is 0 Å². The van der Waals surface area contributed by atoms with Gasteiger partial charge in [-0.1, -0.05) is 30.3 Å². The van der Waals surface area contributed by atoms with E-state index in [2.05, 4.69) is 16.0 Å². The number of phenolic OH excluding ortho intramolecular Hbond substituents is 1. The third-order valence-corrected chi connectivity index (χ3v) is 6.89. The van der Waals surface area contributed by atoms with Crippen LogP contribution in [0.15, 0.2) is 42.5 Å². The number of ether oxygens (including phenoxy) is 1. The molecule has 1 heterocycles. The number of aliphatic hydroxyl groups excluding tert-OH is 1. The Labute approximate surface area is 228 Å². The van der Waals surface area contributed by atoms with Gasteiger partial charge in [-0.3, -0.25) is 29.3 Å². The standard InChI is InChI=1S/C26H29N5O9/c27-23(34)20(16-11-14-3-1-2-4-15(14)12-16)30-24(35)17(9-13-5-6-19(33)18(10-13)31(38)39)29-26(37)22-21(40-22)25(36)28-7-8-32/h1-6,10,16-17,20-22,32-33H,7-9,11-12H2,(H2,27,34)(H,28,36)(H,29,37)(H,30,35)/t17-,20-,21+,22?/m1/s1. The number of amides is 4. The van der Waals surface area contributed by atoms with Gasteiger partial charge in [0.25, 0.3) is 11.8 Å². The number of nitrogens with one attached hydrogen (secondary N) is 3. The van der Waals surface area contributed by atoms with Gasteiger partial charge in [-0.2, -0.15) is 0 Å². The van der Waals surface area contributed by atoms with Crippen molar-refractivity contribution < 1.29 is 39.1 Å². The lowest BCUT2D eigenvalue weighted by molar-refractivity contribution is -0.385. The Bertz CT molecular complexity index is 1310. The number of nitrogens with two attached hydrogens (primary N) is 1. The minimum Gasteiger partial charge on any atom is -0.502 e. The van der Waals surface area contributed by atoms with Crippen molar-refractivity contribution in [1.82, 2.24) is 16.0 Å². The van der Waals surface area contributed by atoms with Gasteiger partial charge >= 0.3 is 5.69 Å². The van der Waals surface area contributed by atoms with Crippen LogP contribution in [0, 0.1) is 16.0 Å². The third-order valence-electron chi connectivity index (χ3n) is 6.89. The minimum absolute atomic E-state index is 0.0305. The van der Waals surface area contributed by atoms with Crippen LogP contribution in [0.3, 0.4) is 0 Å². The van der Waals surface area contributed by atoms with Crippen LogP contribution in [-0.2, 0) is 43.2 Å². The summed E-state index contributed by atoms with van der Waals surface area (Å²) in [6, 6.07) is 8.72. The molecule has 1 unspecified atom stereocenters. The third kappa shape index (κ3) is 6.52. The molecule has 4 amide bonds. The van der Waals surface area contributed by atoms with E-state index in [0.29, 0.717) is 12.8 Å². The van der Waals surface area contributed by atoms with Crippen LogP contribution in [-0.4, -0.2) is 76.2 Å². The maximum Gasteiger partial charge on any atom is 0.310 e. The zero-order valence-electron chi connectivity index (χ0n) is 21.2. The Balaban J connectivity index is 1.51. The van der Waals surface area contributed by atoms with Gasteiger partial charge in [0.05, 0.1) is 11.5 Å². The number of nitro benzene ring substituents is 1. The molecule has 1 saturated heterocycles. The van der Waals surface area contributed by atoms with Crippen molar-refractivity contribution >= 4 is 29.3 Å². The molecule has 2 aromatic carbocycles. The minimum atomic E-state index is -1.34. The maximum atomic E-state index is 13.4. The second-order valence-electron chi connectivity index (χ2n) is 9.66. The van der Waals surface area contributed by atoms with Gasteiger partial charge in [0.1, 0.15) is 12.1 Å². The van der Waals surface area contributed by atoms with Crippen molar-refractivity contribution in [2.24, 2.45) is 11.7 Å². The zero-order valence-corrected chi connectivity index (χ0v) is 21.2. The summed E-state index contributed by atoms with van der Waals surface area (Å²) in [5.41, 5.74) is 7.36. The van der Waals surface area contributed by atoms with Crippen LogP contribution in [0.2, 0.25) is 0 Å². The fraction of sp³-hybridized carbons (Fsp3) is 0.385. The summed E-state index contributed by atoms with van der Waals surface area (Å²) in [4.78, 5) is 61.2. The van der Waals surface area contributed by atoms with Crippen molar-refractivity contribution in [2.45, 2.75) is 43.6 Å². The number of aromatic hydroxyl groups is 1. The fourth-order valence-electron chi connectivity index (χ4n) is 4.84. The van der Waals surface area contributed by atoms with E-state index in [-0.39, 0.29) is 31.1 Å². The molecule has 1 aliphatic carbocycles. The van der Waals surface area contributed by atoms with Gasteiger partial charge in [-0.25, -0.2) is 0 Å². The smallest absolute Gasteiger partial charge is 0.310 e. The predicted octanol–water partition coefficient (Wildman–Crippen LogP) is -1.41. The number of hydrogen-bond acceptors (Lipinski definition) is 9.